The first-order valence-corrected chi connectivity index (χ1v) is 7.03. The number of rotatable bonds is 4. The molecule has 0 saturated carbocycles. The van der Waals surface area contributed by atoms with E-state index < -0.39 is 0 Å². The van der Waals surface area contributed by atoms with Crippen LogP contribution in [0.15, 0.2) is 42.5 Å². The summed E-state index contributed by atoms with van der Waals surface area (Å²) in [6.07, 6.45) is 0.429. The molecule has 1 unspecified atom stereocenters. The summed E-state index contributed by atoms with van der Waals surface area (Å²) in [5.41, 5.74) is 3.00. The van der Waals surface area contributed by atoms with Gasteiger partial charge in [0.2, 0.25) is 0 Å². The van der Waals surface area contributed by atoms with E-state index in [9.17, 15) is 0 Å². The van der Waals surface area contributed by atoms with Crippen molar-refractivity contribution >= 4 is 28.9 Å². The molecule has 0 heterocycles. The van der Waals surface area contributed by atoms with Crippen LogP contribution >= 0.6 is 23.2 Å². The van der Waals surface area contributed by atoms with E-state index >= 15 is 0 Å². The first-order valence-electron chi connectivity index (χ1n) is 6.27. The standard InChI is InChI=1S/C16H14Cl2N2/c1-11(15-7-4-13(17)10-16(15)18)20-14-5-2-12(3-6-14)8-9-19/h2-7,10-11,20H,8H2,1H3. The van der Waals surface area contributed by atoms with Gasteiger partial charge in [-0.1, -0.05) is 41.4 Å². The summed E-state index contributed by atoms with van der Waals surface area (Å²) >= 11 is 12.1. The van der Waals surface area contributed by atoms with Crippen molar-refractivity contribution in [2.75, 3.05) is 5.32 Å². The molecule has 0 aliphatic carbocycles. The van der Waals surface area contributed by atoms with Crippen molar-refractivity contribution in [2.24, 2.45) is 0 Å². The summed E-state index contributed by atoms with van der Waals surface area (Å²) in [7, 11) is 0. The molecule has 102 valence electrons. The van der Waals surface area contributed by atoms with Crippen molar-refractivity contribution < 1.29 is 0 Å². The average molecular weight is 305 g/mol. The van der Waals surface area contributed by atoms with Crippen LogP contribution in [0.3, 0.4) is 0 Å². The van der Waals surface area contributed by atoms with E-state index in [1.165, 1.54) is 0 Å². The van der Waals surface area contributed by atoms with Crippen LogP contribution < -0.4 is 5.32 Å². The molecule has 0 aliphatic rings. The lowest BCUT2D eigenvalue weighted by molar-refractivity contribution is 0.885. The van der Waals surface area contributed by atoms with E-state index in [0.29, 0.717) is 16.5 Å². The lowest BCUT2D eigenvalue weighted by Gasteiger charge is -2.17. The lowest BCUT2D eigenvalue weighted by atomic mass is 10.1. The second-order valence-electron chi connectivity index (χ2n) is 4.56. The number of halogens is 2. The molecule has 0 radical (unpaired) electrons. The van der Waals surface area contributed by atoms with Gasteiger partial charge < -0.3 is 5.32 Å². The first kappa shape index (κ1) is 14.7. The number of nitriles is 1. The Bertz CT molecular complexity index is 630. The Labute approximate surface area is 128 Å². The van der Waals surface area contributed by atoms with Crippen LogP contribution in [0.4, 0.5) is 5.69 Å². The Balaban J connectivity index is 2.11. The fraction of sp³-hybridized carbons (Fsp3) is 0.188. The molecule has 0 amide bonds. The summed E-state index contributed by atoms with van der Waals surface area (Å²) in [5, 5.41) is 13.3. The Hall–Kier alpha value is -1.69. The molecule has 1 N–H and O–H groups in total. The molecule has 0 fully saturated rings. The Kier molecular flexibility index (Phi) is 4.89. The van der Waals surface area contributed by atoms with Crippen LogP contribution in [0.2, 0.25) is 10.0 Å². The quantitative estimate of drug-likeness (QED) is 0.839. The second kappa shape index (κ2) is 6.65. The highest BCUT2D eigenvalue weighted by molar-refractivity contribution is 6.35. The van der Waals surface area contributed by atoms with Crippen LogP contribution in [0, 0.1) is 11.3 Å². The maximum Gasteiger partial charge on any atom is 0.0669 e. The van der Waals surface area contributed by atoms with E-state index in [-0.39, 0.29) is 6.04 Å². The Morgan fingerprint density at radius 1 is 1.15 bits per heavy atom. The van der Waals surface area contributed by atoms with Gasteiger partial charge in [0, 0.05) is 21.8 Å². The van der Waals surface area contributed by atoms with Gasteiger partial charge in [-0.2, -0.15) is 5.26 Å². The van der Waals surface area contributed by atoms with Crippen LogP contribution in [0.5, 0.6) is 0 Å². The Morgan fingerprint density at radius 3 is 2.45 bits per heavy atom. The zero-order chi connectivity index (χ0) is 14.5. The average Bonchev–Trinajstić information content (AvgIpc) is 2.41. The molecule has 4 heteroatoms. The monoisotopic (exact) mass is 304 g/mol. The molecule has 2 rings (SSSR count). The first-order chi connectivity index (χ1) is 9.60. The number of nitrogens with zero attached hydrogens (tertiary/aromatic N) is 1. The molecule has 0 aromatic heterocycles. The molecule has 2 aromatic carbocycles. The molecular weight excluding hydrogens is 291 g/mol. The van der Waals surface area contributed by atoms with Gasteiger partial charge in [0.25, 0.3) is 0 Å². The van der Waals surface area contributed by atoms with Crippen LogP contribution in [-0.2, 0) is 6.42 Å². The maximum absolute atomic E-state index is 8.64. The third kappa shape index (κ3) is 3.66. The number of nitrogens with one attached hydrogen (secondary N) is 1. The highest BCUT2D eigenvalue weighted by atomic mass is 35.5. The molecule has 1 atom stereocenters. The van der Waals surface area contributed by atoms with Crippen molar-refractivity contribution in [2.45, 2.75) is 19.4 Å². The van der Waals surface area contributed by atoms with Crippen molar-refractivity contribution in [3.63, 3.8) is 0 Å². The summed E-state index contributed by atoms with van der Waals surface area (Å²) in [6.45, 7) is 2.04. The van der Waals surface area contributed by atoms with Crippen molar-refractivity contribution in [1.29, 1.82) is 5.26 Å². The van der Waals surface area contributed by atoms with E-state index in [1.807, 2.05) is 43.3 Å². The van der Waals surface area contributed by atoms with E-state index in [2.05, 4.69) is 11.4 Å². The molecule has 0 saturated heterocycles. The van der Waals surface area contributed by atoms with Gasteiger partial charge in [0.05, 0.1) is 12.5 Å². The van der Waals surface area contributed by atoms with Gasteiger partial charge in [-0.15, -0.1) is 0 Å². The minimum absolute atomic E-state index is 0.0709. The number of benzene rings is 2. The molecule has 0 spiro atoms. The fourth-order valence-electron chi connectivity index (χ4n) is 1.99. The second-order valence-corrected chi connectivity index (χ2v) is 5.41. The minimum Gasteiger partial charge on any atom is -0.378 e. The molecular formula is C16H14Cl2N2. The normalized spacial score (nSPS) is 11.7. The molecule has 0 aliphatic heterocycles. The third-order valence-corrected chi connectivity index (χ3v) is 3.61. The van der Waals surface area contributed by atoms with Crippen LogP contribution in [0.1, 0.15) is 24.1 Å². The number of hydrogen-bond acceptors (Lipinski definition) is 2. The number of hydrogen-bond donors (Lipinski definition) is 1. The molecule has 2 aromatic rings. The van der Waals surface area contributed by atoms with Gasteiger partial charge >= 0.3 is 0 Å². The summed E-state index contributed by atoms with van der Waals surface area (Å²) < 4.78 is 0. The molecule has 2 nitrogen and oxygen atoms in total. The minimum atomic E-state index is 0.0709. The topological polar surface area (TPSA) is 35.8 Å². The van der Waals surface area contributed by atoms with Crippen LogP contribution in [-0.4, -0.2) is 0 Å². The molecule has 0 bridgehead atoms. The largest absolute Gasteiger partial charge is 0.378 e. The van der Waals surface area contributed by atoms with E-state index in [4.69, 9.17) is 28.5 Å². The summed E-state index contributed by atoms with van der Waals surface area (Å²) in [6, 6.07) is 15.5. The van der Waals surface area contributed by atoms with Crippen molar-refractivity contribution in [1.82, 2.24) is 0 Å². The smallest absolute Gasteiger partial charge is 0.0669 e. The summed E-state index contributed by atoms with van der Waals surface area (Å²) in [5.74, 6) is 0. The van der Waals surface area contributed by atoms with Crippen LogP contribution in [0.25, 0.3) is 0 Å². The Morgan fingerprint density at radius 2 is 1.85 bits per heavy atom. The number of anilines is 1. The molecule has 20 heavy (non-hydrogen) atoms. The van der Waals surface area contributed by atoms with Crippen molar-refractivity contribution in [3.8, 4) is 6.07 Å². The van der Waals surface area contributed by atoms with Crippen molar-refractivity contribution in [3.05, 3.63) is 63.6 Å². The fourth-order valence-corrected chi connectivity index (χ4v) is 2.56. The lowest BCUT2D eigenvalue weighted by Crippen LogP contribution is -2.07. The SMILES string of the molecule is CC(Nc1ccc(CC#N)cc1)c1ccc(Cl)cc1Cl. The predicted molar refractivity (Wildman–Crippen MR) is 84.3 cm³/mol. The zero-order valence-corrected chi connectivity index (χ0v) is 12.5. The van der Waals surface area contributed by atoms with Gasteiger partial charge in [-0.25, -0.2) is 0 Å². The predicted octanol–water partition coefficient (Wildman–Crippen LogP) is 5.23. The van der Waals surface area contributed by atoms with Gasteiger partial charge in [0.1, 0.15) is 0 Å². The maximum atomic E-state index is 8.64. The third-order valence-electron chi connectivity index (χ3n) is 3.05. The highest BCUT2D eigenvalue weighted by Gasteiger charge is 2.09. The highest BCUT2D eigenvalue weighted by Crippen LogP contribution is 2.28. The summed E-state index contributed by atoms with van der Waals surface area (Å²) in [4.78, 5) is 0. The van der Waals surface area contributed by atoms with Gasteiger partial charge in [-0.05, 0) is 42.3 Å². The zero-order valence-electron chi connectivity index (χ0n) is 11.0. The van der Waals surface area contributed by atoms with E-state index in [0.717, 1.165) is 16.8 Å². The van der Waals surface area contributed by atoms with Gasteiger partial charge in [-0.3, -0.25) is 0 Å². The van der Waals surface area contributed by atoms with Gasteiger partial charge in [0.15, 0.2) is 0 Å². The van der Waals surface area contributed by atoms with E-state index in [1.54, 1.807) is 6.07 Å².